The van der Waals surface area contributed by atoms with Gasteiger partial charge in [-0.25, -0.2) is 0 Å². The van der Waals surface area contributed by atoms with Crippen LogP contribution >= 0.6 is 23.2 Å². The van der Waals surface area contributed by atoms with Crippen molar-refractivity contribution in [2.45, 2.75) is 19.3 Å². The van der Waals surface area contributed by atoms with Crippen LogP contribution in [0, 0.1) is 0 Å². The van der Waals surface area contributed by atoms with Crippen molar-refractivity contribution in [3.05, 3.63) is 69.7 Å². The molecule has 0 aliphatic carbocycles. The zero-order valence-electron chi connectivity index (χ0n) is 12.5. The molecule has 2 aromatic rings. The van der Waals surface area contributed by atoms with Crippen LogP contribution in [0.15, 0.2) is 48.5 Å². The van der Waals surface area contributed by atoms with E-state index in [1.165, 1.54) is 0 Å². The van der Waals surface area contributed by atoms with Gasteiger partial charge in [-0.3, -0.25) is 9.59 Å². The number of halogens is 2. The summed E-state index contributed by atoms with van der Waals surface area (Å²) in [6.45, 7) is 0.481. The van der Waals surface area contributed by atoms with Crippen LogP contribution in [0.25, 0.3) is 0 Å². The molecule has 1 amide bonds. The van der Waals surface area contributed by atoms with Crippen molar-refractivity contribution in [1.29, 1.82) is 0 Å². The van der Waals surface area contributed by atoms with Gasteiger partial charge in [0, 0.05) is 35.0 Å². The molecule has 120 valence electrons. The predicted octanol–water partition coefficient (Wildman–Crippen LogP) is 4.32. The molecule has 0 saturated heterocycles. The molecule has 0 atom stereocenters. The monoisotopic (exact) mass is 349 g/mol. The third kappa shape index (κ3) is 6.05. The second kappa shape index (κ2) is 8.70. The topological polar surface area (TPSA) is 46.2 Å². The molecule has 0 saturated carbocycles. The molecule has 0 fully saturated rings. The van der Waals surface area contributed by atoms with Crippen LogP contribution < -0.4 is 5.32 Å². The van der Waals surface area contributed by atoms with E-state index in [-0.39, 0.29) is 24.5 Å². The van der Waals surface area contributed by atoms with Gasteiger partial charge in [0.2, 0.25) is 5.91 Å². The molecule has 0 aliphatic heterocycles. The fourth-order valence-corrected chi connectivity index (χ4v) is 2.76. The number of amides is 1. The molecule has 0 unspecified atom stereocenters. The smallest absolute Gasteiger partial charge is 0.220 e. The van der Waals surface area contributed by atoms with Gasteiger partial charge in [0.05, 0.1) is 0 Å². The first kappa shape index (κ1) is 17.5. The molecule has 1 N–H and O–H groups in total. The SMILES string of the molecule is O=C(CCC(=O)c1ccccc1)NCCc1cc(Cl)cc(Cl)c1. The minimum Gasteiger partial charge on any atom is -0.356 e. The van der Waals surface area contributed by atoms with Crippen molar-refractivity contribution in [2.75, 3.05) is 6.54 Å². The van der Waals surface area contributed by atoms with Crippen molar-refractivity contribution in [2.24, 2.45) is 0 Å². The summed E-state index contributed by atoms with van der Waals surface area (Å²) in [5.41, 5.74) is 1.59. The Kier molecular flexibility index (Phi) is 6.63. The fraction of sp³-hybridized carbons (Fsp3) is 0.222. The highest BCUT2D eigenvalue weighted by atomic mass is 35.5. The number of carbonyl (C=O) groups excluding carboxylic acids is 2. The average molecular weight is 350 g/mol. The van der Waals surface area contributed by atoms with E-state index >= 15 is 0 Å². The van der Waals surface area contributed by atoms with Crippen molar-refractivity contribution in [3.8, 4) is 0 Å². The number of hydrogen-bond acceptors (Lipinski definition) is 2. The van der Waals surface area contributed by atoms with E-state index in [0.717, 1.165) is 5.56 Å². The molecule has 3 nitrogen and oxygen atoms in total. The summed E-state index contributed by atoms with van der Waals surface area (Å²) in [6.07, 6.45) is 1.03. The Balaban J connectivity index is 1.72. The number of hydrogen-bond donors (Lipinski definition) is 1. The number of ketones is 1. The lowest BCUT2D eigenvalue weighted by molar-refractivity contribution is -0.121. The number of Topliss-reactive ketones (excluding diaryl/α,β-unsaturated/α-hetero) is 1. The Morgan fingerprint density at radius 2 is 1.57 bits per heavy atom. The summed E-state index contributed by atoms with van der Waals surface area (Å²) in [5, 5.41) is 3.95. The zero-order chi connectivity index (χ0) is 16.7. The highest BCUT2D eigenvalue weighted by Gasteiger charge is 2.08. The maximum Gasteiger partial charge on any atom is 0.220 e. The van der Waals surface area contributed by atoms with Gasteiger partial charge >= 0.3 is 0 Å². The average Bonchev–Trinajstić information content (AvgIpc) is 2.52. The van der Waals surface area contributed by atoms with E-state index in [9.17, 15) is 9.59 Å². The minimum atomic E-state index is -0.137. The Labute approximate surface area is 145 Å². The number of rotatable bonds is 7. The second-order valence-corrected chi connectivity index (χ2v) is 6.04. The van der Waals surface area contributed by atoms with Crippen molar-refractivity contribution in [3.63, 3.8) is 0 Å². The number of nitrogens with one attached hydrogen (secondary N) is 1. The van der Waals surface area contributed by atoms with Crippen molar-refractivity contribution >= 4 is 34.9 Å². The summed E-state index contributed by atoms with van der Waals surface area (Å²) >= 11 is 11.9. The molecule has 2 aromatic carbocycles. The van der Waals surface area contributed by atoms with Gasteiger partial charge in [-0.2, -0.15) is 0 Å². The van der Waals surface area contributed by atoms with Gasteiger partial charge in [-0.1, -0.05) is 53.5 Å². The van der Waals surface area contributed by atoms with Gasteiger partial charge in [0.1, 0.15) is 0 Å². The molecule has 23 heavy (non-hydrogen) atoms. The number of carbonyl (C=O) groups is 2. The predicted molar refractivity (Wildman–Crippen MR) is 93.2 cm³/mol. The van der Waals surface area contributed by atoms with Crippen LogP contribution in [0.3, 0.4) is 0 Å². The van der Waals surface area contributed by atoms with Crippen LogP contribution in [0.4, 0.5) is 0 Å². The van der Waals surface area contributed by atoms with E-state index in [0.29, 0.717) is 28.6 Å². The van der Waals surface area contributed by atoms with E-state index in [1.807, 2.05) is 30.3 Å². The molecule has 0 aromatic heterocycles. The van der Waals surface area contributed by atoms with Crippen LogP contribution in [0.2, 0.25) is 10.0 Å². The van der Waals surface area contributed by atoms with Crippen LogP contribution in [0.5, 0.6) is 0 Å². The molecular weight excluding hydrogens is 333 g/mol. The molecule has 5 heteroatoms. The Morgan fingerprint density at radius 1 is 0.913 bits per heavy atom. The van der Waals surface area contributed by atoms with Crippen molar-refractivity contribution in [1.82, 2.24) is 5.32 Å². The summed E-state index contributed by atoms with van der Waals surface area (Å²) in [4.78, 5) is 23.7. The molecule has 0 aliphatic rings. The van der Waals surface area contributed by atoms with Crippen LogP contribution in [-0.4, -0.2) is 18.2 Å². The highest BCUT2D eigenvalue weighted by molar-refractivity contribution is 6.34. The van der Waals surface area contributed by atoms with Crippen molar-refractivity contribution < 1.29 is 9.59 Å². The zero-order valence-corrected chi connectivity index (χ0v) is 14.0. The maximum absolute atomic E-state index is 11.9. The largest absolute Gasteiger partial charge is 0.356 e. The molecular formula is C18H17Cl2NO2. The van der Waals surface area contributed by atoms with Gasteiger partial charge < -0.3 is 5.32 Å². The quantitative estimate of drug-likeness (QED) is 0.756. The van der Waals surface area contributed by atoms with Crippen LogP contribution in [-0.2, 0) is 11.2 Å². The lowest BCUT2D eigenvalue weighted by Gasteiger charge is -2.06. The van der Waals surface area contributed by atoms with Gasteiger partial charge in [-0.15, -0.1) is 0 Å². The Bertz CT molecular complexity index is 666. The normalized spacial score (nSPS) is 10.3. The third-order valence-electron chi connectivity index (χ3n) is 3.33. The molecule has 0 heterocycles. The fourth-order valence-electron chi connectivity index (χ4n) is 2.19. The standard InChI is InChI=1S/C18H17Cl2NO2/c19-15-10-13(11-16(20)12-15)8-9-21-18(23)7-6-17(22)14-4-2-1-3-5-14/h1-5,10-12H,6-9H2,(H,21,23). The first-order valence-corrected chi connectivity index (χ1v) is 8.10. The molecule has 0 radical (unpaired) electrons. The van der Waals surface area contributed by atoms with Gasteiger partial charge in [0.25, 0.3) is 0 Å². The summed E-state index contributed by atoms with van der Waals surface area (Å²) in [6, 6.07) is 14.3. The molecule has 2 rings (SSSR count). The second-order valence-electron chi connectivity index (χ2n) is 5.17. The molecule has 0 spiro atoms. The van der Waals surface area contributed by atoms with Crippen LogP contribution in [0.1, 0.15) is 28.8 Å². The minimum absolute atomic E-state index is 0.0256. The maximum atomic E-state index is 11.9. The first-order valence-electron chi connectivity index (χ1n) is 7.34. The molecule has 0 bridgehead atoms. The highest BCUT2D eigenvalue weighted by Crippen LogP contribution is 2.19. The Hall–Kier alpha value is -1.84. The summed E-state index contributed by atoms with van der Waals surface area (Å²) in [7, 11) is 0. The lowest BCUT2D eigenvalue weighted by atomic mass is 10.1. The van der Waals surface area contributed by atoms with E-state index in [2.05, 4.69) is 5.32 Å². The number of benzene rings is 2. The van der Waals surface area contributed by atoms with E-state index in [4.69, 9.17) is 23.2 Å². The lowest BCUT2D eigenvalue weighted by Crippen LogP contribution is -2.26. The van der Waals surface area contributed by atoms with Gasteiger partial charge in [-0.05, 0) is 30.2 Å². The van der Waals surface area contributed by atoms with E-state index < -0.39 is 0 Å². The first-order chi connectivity index (χ1) is 11.0. The summed E-state index contributed by atoms with van der Waals surface area (Å²) in [5.74, 6) is -0.162. The van der Waals surface area contributed by atoms with E-state index in [1.54, 1.807) is 18.2 Å². The van der Waals surface area contributed by atoms with Gasteiger partial charge in [0.15, 0.2) is 5.78 Å². The third-order valence-corrected chi connectivity index (χ3v) is 3.77. The summed E-state index contributed by atoms with van der Waals surface area (Å²) < 4.78 is 0. The Morgan fingerprint density at radius 3 is 2.22 bits per heavy atom.